The van der Waals surface area contributed by atoms with Crippen LogP contribution in [0.15, 0.2) is 17.5 Å². The first-order valence-electron chi connectivity index (χ1n) is 6.63. The summed E-state index contributed by atoms with van der Waals surface area (Å²) in [4.78, 5) is 35.4. The van der Waals surface area contributed by atoms with Gasteiger partial charge in [0.05, 0.1) is 11.5 Å². The van der Waals surface area contributed by atoms with E-state index in [9.17, 15) is 14.4 Å². The zero-order valence-electron chi connectivity index (χ0n) is 12.3. The highest BCUT2D eigenvalue weighted by Crippen LogP contribution is 2.22. The summed E-state index contributed by atoms with van der Waals surface area (Å²) in [7, 11) is 0. The minimum Gasteiger partial charge on any atom is -0.481 e. The second-order valence-electron chi connectivity index (χ2n) is 5.36. The highest BCUT2D eigenvalue weighted by molar-refractivity contribution is 7.10. The largest absolute Gasteiger partial charge is 0.481 e. The Balaban J connectivity index is 2.53. The molecule has 3 amide bonds. The van der Waals surface area contributed by atoms with Crippen molar-refractivity contribution in [3.8, 4) is 0 Å². The van der Waals surface area contributed by atoms with Crippen LogP contribution in [0.3, 0.4) is 0 Å². The molecular weight excluding hydrogens is 292 g/mol. The molecule has 0 aliphatic rings. The third kappa shape index (κ3) is 5.18. The molecule has 6 nitrogen and oxygen atoms in total. The lowest BCUT2D eigenvalue weighted by Gasteiger charge is -2.19. The Morgan fingerprint density at radius 3 is 2.52 bits per heavy atom. The monoisotopic (exact) mass is 312 g/mol. The Morgan fingerprint density at radius 2 is 2.05 bits per heavy atom. The Bertz CT molecular complexity index is 511. The van der Waals surface area contributed by atoms with Gasteiger partial charge in [0.1, 0.15) is 0 Å². The summed E-state index contributed by atoms with van der Waals surface area (Å²) in [6.07, 6.45) is 0.439. The molecule has 3 N–H and O–H groups in total. The summed E-state index contributed by atoms with van der Waals surface area (Å²) in [5.74, 6) is -1.69. The molecule has 0 aromatic carbocycles. The van der Waals surface area contributed by atoms with Gasteiger partial charge in [-0.1, -0.05) is 13.0 Å². The Hall–Kier alpha value is -1.89. The van der Waals surface area contributed by atoms with Crippen LogP contribution in [0.1, 0.15) is 44.5 Å². The molecule has 1 heterocycles. The molecule has 21 heavy (non-hydrogen) atoms. The first-order chi connectivity index (χ1) is 9.76. The van der Waals surface area contributed by atoms with Crippen molar-refractivity contribution in [2.24, 2.45) is 5.41 Å². The molecule has 0 saturated heterocycles. The predicted molar refractivity (Wildman–Crippen MR) is 80.1 cm³/mol. The van der Waals surface area contributed by atoms with Crippen molar-refractivity contribution < 1.29 is 19.5 Å². The van der Waals surface area contributed by atoms with Crippen LogP contribution in [0.5, 0.6) is 0 Å². The molecule has 0 spiro atoms. The number of carboxylic acid groups (broad SMARTS) is 1. The number of urea groups is 1. The number of amides is 3. The summed E-state index contributed by atoms with van der Waals surface area (Å²) < 4.78 is 0. The maximum Gasteiger partial charge on any atom is 0.321 e. The van der Waals surface area contributed by atoms with Crippen molar-refractivity contribution in [2.45, 2.75) is 39.7 Å². The highest BCUT2D eigenvalue weighted by atomic mass is 32.1. The van der Waals surface area contributed by atoms with Crippen LogP contribution < -0.4 is 10.6 Å². The van der Waals surface area contributed by atoms with Crippen LogP contribution in [-0.2, 0) is 9.59 Å². The molecule has 0 radical (unpaired) electrons. The van der Waals surface area contributed by atoms with Crippen molar-refractivity contribution >= 4 is 29.2 Å². The highest BCUT2D eigenvalue weighted by Gasteiger charge is 2.30. The van der Waals surface area contributed by atoms with E-state index in [-0.39, 0.29) is 12.5 Å². The first-order valence-corrected chi connectivity index (χ1v) is 7.51. The van der Waals surface area contributed by atoms with Crippen LogP contribution in [0.2, 0.25) is 0 Å². The SMILES string of the molecule is CCC(NC(=O)NC(=O)CC(C)(C)C(=O)O)c1cccs1. The molecule has 0 fully saturated rings. The third-order valence-corrected chi connectivity index (χ3v) is 4.02. The lowest BCUT2D eigenvalue weighted by Crippen LogP contribution is -2.43. The van der Waals surface area contributed by atoms with Crippen molar-refractivity contribution in [3.63, 3.8) is 0 Å². The number of hydrogen-bond donors (Lipinski definition) is 3. The maximum atomic E-state index is 11.8. The van der Waals surface area contributed by atoms with E-state index in [1.165, 1.54) is 25.2 Å². The van der Waals surface area contributed by atoms with E-state index in [0.717, 1.165) is 4.88 Å². The van der Waals surface area contributed by atoms with E-state index >= 15 is 0 Å². The average molecular weight is 312 g/mol. The molecule has 0 bridgehead atoms. The number of carbonyl (C=O) groups excluding carboxylic acids is 2. The quantitative estimate of drug-likeness (QED) is 0.752. The Morgan fingerprint density at radius 1 is 1.38 bits per heavy atom. The van der Waals surface area contributed by atoms with Crippen LogP contribution in [-0.4, -0.2) is 23.0 Å². The second-order valence-corrected chi connectivity index (χ2v) is 6.34. The summed E-state index contributed by atoms with van der Waals surface area (Å²) in [6, 6.07) is 3.03. The summed E-state index contributed by atoms with van der Waals surface area (Å²) in [6.45, 7) is 4.81. The summed E-state index contributed by atoms with van der Waals surface area (Å²) in [5, 5.41) is 15.7. The Labute approximate surface area is 127 Å². The van der Waals surface area contributed by atoms with Gasteiger partial charge in [0.25, 0.3) is 0 Å². The van der Waals surface area contributed by atoms with E-state index in [2.05, 4.69) is 10.6 Å². The van der Waals surface area contributed by atoms with E-state index in [0.29, 0.717) is 6.42 Å². The lowest BCUT2D eigenvalue weighted by molar-refractivity contribution is -0.149. The second kappa shape index (κ2) is 7.21. The number of rotatable bonds is 6. The van der Waals surface area contributed by atoms with E-state index in [4.69, 9.17) is 5.11 Å². The van der Waals surface area contributed by atoms with E-state index in [1.807, 2.05) is 24.4 Å². The van der Waals surface area contributed by atoms with Gasteiger partial charge < -0.3 is 10.4 Å². The number of carbonyl (C=O) groups is 3. The molecule has 0 aliphatic carbocycles. The Kier molecular flexibility index (Phi) is 5.90. The van der Waals surface area contributed by atoms with Gasteiger partial charge in [-0.05, 0) is 31.7 Å². The molecule has 7 heteroatoms. The molecule has 1 aromatic rings. The number of imide groups is 1. The van der Waals surface area contributed by atoms with Gasteiger partial charge in [0.2, 0.25) is 5.91 Å². The van der Waals surface area contributed by atoms with Crippen LogP contribution in [0, 0.1) is 5.41 Å². The number of carboxylic acids is 1. The molecule has 0 aliphatic heterocycles. The van der Waals surface area contributed by atoms with E-state index in [1.54, 1.807) is 0 Å². The minimum atomic E-state index is -1.21. The van der Waals surface area contributed by atoms with Gasteiger partial charge in [-0.2, -0.15) is 0 Å². The summed E-state index contributed by atoms with van der Waals surface area (Å²) in [5.41, 5.74) is -1.21. The molecule has 1 unspecified atom stereocenters. The normalized spacial score (nSPS) is 12.5. The topological polar surface area (TPSA) is 95.5 Å². The molecule has 1 aromatic heterocycles. The van der Waals surface area contributed by atoms with Gasteiger partial charge in [0, 0.05) is 11.3 Å². The number of thiophene rings is 1. The van der Waals surface area contributed by atoms with Gasteiger partial charge in [-0.15, -0.1) is 11.3 Å². The average Bonchev–Trinajstić information content (AvgIpc) is 2.88. The van der Waals surface area contributed by atoms with Crippen LogP contribution >= 0.6 is 11.3 Å². The molecule has 1 rings (SSSR count). The standard InChI is InChI=1S/C14H20N2O4S/c1-4-9(10-6-5-7-21-10)15-13(20)16-11(17)8-14(2,3)12(18)19/h5-7,9H,4,8H2,1-3H3,(H,18,19)(H2,15,16,17,20). The van der Waals surface area contributed by atoms with E-state index < -0.39 is 23.3 Å². The summed E-state index contributed by atoms with van der Waals surface area (Å²) >= 11 is 1.53. The fourth-order valence-corrected chi connectivity index (χ4v) is 2.57. The van der Waals surface area contributed by atoms with Gasteiger partial charge in [0.15, 0.2) is 0 Å². The van der Waals surface area contributed by atoms with Crippen molar-refractivity contribution in [1.82, 2.24) is 10.6 Å². The van der Waals surface area contributed by atoms with Gasteiger partial charge >= 0.3 is 12.0 Å². The number of nitrogens with one attached hydrogen (secondary N) is 2. The van der Waals surface area contributed by atoms with Crippen LogP contribution in [0.4, 0.5) is 4.79 Å². The van der Waals surface area contributed by atoms with Gasteiger partial charge in [-0.25, -0.2) is 4.79 Å². The first kappa shape index (κ1) is 17.2. The molecule has 0 saturated carbocycles. The van der Waals surface area contributed by atoms with Crippen molar-refractivity contribution in [2.75, 3.05) is 0 Å². The third-order valence-electron chi connectivity index (χ3n) is 3.03. The fraction of sp³-hybridized carbons (Fsp3) is 0.500. The zero-order valence-corrected chi connectivity index (χ0v) is 13.1. The molecule has 1 atom stereocenters. The zero-order chi connectivity index (χ0) is 16.0. The number of hydrogen-bond acceptors (Lipinski definition) is 4. The van der Waals surface area contributed by atoms with Crippen LogP contribution in [0.25, 0.3) is 0 Å². The van der Waals surface area contributed by atoms with Crippen molar-refractivity contribution in [3.05, 3.63) is 22.4 Å². The van der Waals surface area contributed by atoms with Crippen molar-refractivity contribution in [1.29, 1.82) is 0 Å². The molecular formula is C14H20N2O4S. The number of aliphatic carboxylic acids is 1. The molecule has 116 valence electrons. The maximum absolute atomic E-state index is 11.8. The smallest absolute Gasteiger partial charge is 0.321 e. The fourth-order valence-electron chi connectivity index (χ4n) is 1.71. The predicted octanol–water partition coefficient (Wildman–Crippen LogP) is 2.53. The minimum absolute atomic E-state index is 0.162. The van der Waals surface area contributed by atoms with Gasteiger partial charge in [-0.3, -0.25) is 14.9 Å². The lowest BCUT2D eigenvalue weighted by atomic mass is 9.89.